The monoisotopic (exact) mass is 395 g/mol. The van der Waals surface area contributed by atoms with Crippen molar-refractivity contribution in [3.63, 3.8) is 0 Å². The number of aromatic nitrogens is 6. The molecule has 1 saturated carbocycles. The van der Waals surface area contributed by atoms with Gasteiger partial charge in [-0.2, -0.15) is 5.10 Å². The minimum Gasteiger partial charge on any atom is -0.352 e. The molecule has 0 bridgehead atoms. The Morgan fingerprint density at radius 2 is 1.93 bits per heavy atom. The van der Waals surface area contributed by atoms with Crippen LogP contribution in [0.3, 0.4) is 0 Å². The Morgan fingerprint density at radius 3 is 2.80 bits per heavy atom. The Bertz CT molecular complexity index is 1380. The SMILES string of the molecule is O=C(Nc1cncc(-c2cnc3[nH]nc(-c4cc5ccncc5[nH]4)c3c2)c1)C1CC1. The second-order valence-corrected chi connectivity index (χ2v) is 7.56. The maximum atomic E-state index is 12.1. The summed E-state index contributed by atoms with van der Waals surface area (Å²) in [6.45, 7) is 0. The van der Waals surface area contributed by atoms with Gasteiger partial charge in [-0.3, -0.25) is 19.9 Å². The molecule has 0 radical (unpaired) electrons. The van der Waals surface area contributed by atoms with E-state index in [-0.39, 0.29) is 11.8 Å². The largest absolute Gasteiger partial charge is 0.352 e. The van der Waals surface area contributed by atoms with E-state index in [1.165, 1.54) is 0 Å². The zero-order chi connectivity index (χ0) is 20.1. The molecule has 3 N–H and O–H groups in total. The van der Waals surface area contributed by atoms with E-state index < -0.39 is 0 Å². The number of carbonyl (C=O) groups is 1. The highest BCUT2D eigenvalue weighted by Crippen LogP contribution is 2.32. The first-order chi connectivity index (χ1) is 14.7. The maximum Gasteiger partial charge on any atom is 0.227 e. The third-order valence-electron chi connectivity index (χ3n) is 5.38. The van der Waals surface area contributed by atoms with E-state index in [4.69, 9.17) is 0 Å². The summed E-state index contributed by atoms with van der Waals surface area (Å²) in [6.07, 6.45) is 10.7. The van der Waals surface area contributed by atoms with Gasteiger partial charge in [-0.05, 0) is 37.1 Å². The highest BCUT2D eigenvalue weighted by Gasteiger charge is 2.29. The van der Waals surface area contributed by atoms with Gasteiger partial charge in [0.2, 0.25) is 5.91 Å². The molecular weight excluding hydrogens is 378 g/mol. The summed E-state index contributed by atoms with van der Waals surface area (Å²) in [7, 11) is 0. The number of carbonyl (C=O) groups excluding carboxylic acids is 1. The molecule has 0 spiro atoms. The van der Waals surface area contributed by atoms with Crippen molar-refractivity contribution in [3.8, 4) is 22.5 Å². The number of H-pyrrole nitrogens is 2. The molecule has 146 valence electrons. The van der Waals surface area contributed by atoms with Gasteiger partial charge in [-0.25, -0.2) is 4.98 Å². The summed E-state index contributed by atoms with van der Waals surface area (Å²) in [6, 6.07) is 7.97. The van der Waals surface area contributed by atoms with Crippen molar-refractivity contribution < 1.29 is 4.79 Å². The van der Waals surface area contributed by atoms with Gasteiger partial charge in [0.1, 0.15) is 5.69 Å². The topological polar surface area (TPSA) is 112 Å². The average molecular weight is 395 g/mol. The van der Waals surface area contributed by atoms with Crippen LogP contribution >= 0.6 is 0 Å². The fourth-order valence-corrected chi connectivity index (χ4v) is 3.62. The maximum absolute atomic E-state index is 12.1. The highest BCUT2D eigenvalue weighted by atomic mass is 16.2. The van der Waals surface area contributed by atoms with Crippen molar-refractivity contribution >= 4 is 33.5 Å². The van der Waals surface area contributed by atoms with Gasteiger partial charge in [0.15, 0.2) is 5.65 Å². The third kappa shape index (κ3) is 2.89. The van der Waals surface area contributed by atoms with E-state index in [2.05, 4.69) is 41.5 Å². The summed E-state index contributed by atoms with van der Waals surface area (Å²) in [5, 5.41) is 12.4. The second kappa shape index (κ2) is 6.48. The van der Waals surface area contributed by atoms with Crippen molar-refractivity contribution in [2.45, 2.75) is 12.8 Å². The Hall–Kier alpha value is -4.07. The highest BCUT2D eigenvalue weighted by molar-refractivity contribution is 5.97. The number of aromatic amines is 2. The van der Waals surface area contributed by atoms with Crippen LogP contribution < -0.4 is 5.32 Å². The van der Waals surface area contributed by atoms with E-state index in [9.17, 15) is 4.79 Å². The van der Waals surface area contributed by atoms with Crippen LogP contribution in [0, 0.1) is 5.92 Å². The summed E-state index contributed by atoms with van der Waals surface area (Å²) in [5.41, 5.74) is 5.82. The number of nitrogens with one attached hydrogen (secondary N) is 3. The van der Waals surface area contributed by atoms with Crippen LogP contribution in [0.1, 0.15) is 12.8 Å². The van der Waals surface area contributed by atoms with Crippen molar-refractivity contribution in [1.82, 2.24) is 30.1 Å². The molecule has 5 heterocycles. The Morgan fingerprint density at radius 1 is 1.03 bits per heavy atom. The number of hydrogen-bond acceptors (Lipinski definition) is 5. The Balaban J connectivity index is 1.40. The predicted octanol–water partition coefficient (Wildman–Crippen LogP) is 3.91. The summed E-state index contributed by atoms with van der Waals surface area (Å²) < 4.78 is 0. The predicted molar refractivity (Wildman–Crippen MR) is 114 cm³/mol. The van der Waals surface area contributed by atoms with Gasteiger partial charge in [-0.1, -0.05) is 0 Å². The standard InChI is InChI=1S/C22H17N7O/c30-22(12-1-2-12)26-16-5-14(8-24-10-16)15-6-17-20(28-29-21(17)25-9-15)18-7-13-3-4-23-11-19(13)27-18/h3-12,27H,1-2H2,(H,26,30)(H,25,28,29). The van der Waals surface area contributed by atoms with E-state index >= 15 is 0 Å². The molecule has 0 saturated heterocycles. The van der Waals surface area contributed by atoms with Gasteiger partial charge in [0, 0.05) is 46.4 Å². The molecule has 1 aliphatic rings. The smallest absolute Gasteiger partial charge is 0.227 e. The summed E-state index contributed by atoms with van der Waals surface area (Å²) in [4.78, 5) is 28.4. The first-order valence-corrected chi connectivity index (χ1v) is 9.78. The normalized spacial score (nSPS) is 13.7. The van der Waals surface area contributed by atoms with Crippen LogP contribution in [-0.4, -0.2) is 36.0 Å². The number of hydrogen-bond donors (Lipinski definition) is 3. The van der Waals surface area contributed by atoms with Crippen LogP contribution in [-0.2, 0) is 4.79 Å². The van der Waals surface area contributed by atoms with Crippen molar-refractivity contribution in [1.29, 1.82) is 0 Å². The lowest BCUT2D eigenvalue weighted by Crippen LogP contribution is -2.13. The van der Waals surface area contributed by atoms with Crippen LogP contribution in [0.25, 0.3) is 44.5 Å². The van der Waals surface area contributed by atoms with Gasteiger partial charge in [0.25, 0.3) is 0 Å². The quantitative estimate of drug-likeness (QED) is 0.427. The molecule has 1 amide bonds. The molecule has 0 aliphatic heterocycles. The zero-order valence-corrected chi connectivity index (χ0v) is 15.9. The summed E-state index contributed by atoms with van der Waals surface area (Å²) >= 11 is 0. The molecule has 5 aromatic rings. The third-order valence-corrected chi connectivity index (χ3v) is 5.38. The van der Waals surface area contributed by atoms with E-state index in [0.717, 1.165) is 51.6 Å². The number of amides is 1. The number of rotatable bonds is 4. The molecule has 1 aliphatic carbocycles. The molecule has 0 aromatic carbocycles. The Labute approximate surface area is 170 Å². The van der Waals surface area contributed by atoms with E-state index in [1.807, 2.05) is 18.2 Å². The first-order valence-electron chi connectivity index (χ1n) is 9.78. The average Bonchev–Trinajstić information content (AvgIpc) is 3.40. The minimum atomic E-state index is 0.0629. The van der Waals surface area contributed by atoms with Crippen molar-refractivity contribution in [3.05, 3.63) is 55.2 Å². The summed E-state index contributed by atoms with van der Waals surface area (Å²) in [5.74, 6) is 0.208. The van der Waals surface area contributed by atoms with E-state index in [1.54, 1.807) is 31.0 Å². The number of nitrogens with zero attached hydrogens (tertiary/aromatic N) is 4. The van der Waals surface area contributed by atoms with E-state index in [0.29, 0.717) is 11.3 Å². The molecule has 1 fully saturated rings. The zero-order valence-electron chi connectivity index (χ0n) is 15.9. The minimum absolute atomic E-state index is 0.0629. The molecule has 0 unspecified atom stereocenters. The molecule has 8 heteroatoms. The lowest BCUT2D eigenvalue weighted by Gasteiger charge is -2.07. The number of anilines is 1. The first kappa shape index (κ1) is 16.8. The fourth-order valence-electron chi connectivity index (χ4n) is 3.62. The second-order valence-electron chi connectivity index (χ2n) is 7.56. The lowest BCUT2D eigenvalue weighted by atomic mass is 10.1. The number of fused-ring (bicyclic) bond motifs is 2. The van der Waals surface area contributed by atoms with Crippen LogP contribution in [0.4, 0.5) is 5.69 Å². The molecule has 5 aromatic heterocycles. The fraction of sp³-hybridized carbons (Fsp3) is 0.136. The van der Waals surface area contributed by atoms with Crippen LogP contribution in [0.5, 0.6) is 0 Å². The molecule has 8 nitrogen and oxygen atoms in total. The van der Waals surface area contributed by atoms with Gasteiger partial charge < -0.3 is 10.3 Å². The molecular formula is C22H17N7O. The van der Waals surface area contributed by atoms with Crippen LogP contribution in [0.15, 0.2) is 55.2 Å². The van der Waals surface area contributed by atoms with Gasteiger partial charge >= 0.3 is 0 Å². The van der Waals surface area contributed by atoms with Crippen LogP contribution in [0.2, 0.25) is 0 Å². The van der Waals surface area contributed by atoms with Gasteiger partial charge in [-0.15, -0.1) is 0 Å². The molecule has 30 heavy (non-hydrogen) atoms. The Kier molecular flexibility index (Phi) is 3.64. The molecule has 6 rings (SSSR count). The van der Waals surface area contributed by atoms with Gasteiger partial charge in [0.05, 0.1) is 29.3 Å². The molecule has 0 atom stereocenters. The van der Waals surface area contributed by atoms with Crippen molar-refractivity contribution in [2.75, 3.05) is 5.32 Å². The number of pyridine rings is 3. The van der Waals surface area contributed by atoms with Crippen molar-refractivity contribution in [2.24, 2.45) is 5.92 Å². The lowest BCUT2D eigenvalue weighted by molar-refractivity contribution is -0.117.